The number of carbonyl (C=O) groups excluding carboxylic acids is 1. The minimum atomic E-state index is -1.05. The highest BCUT2D eigenvalue weighted by Crippen LogP contribution is 2.35. The molecule has 0 atom stereocenters. The summed E-state index contributed by atoms with van der Waals surface area (Å²) in [5, 5.41) is 12.3. The number of nitrogens with zero attached hydrogens (tertiary/aromatic N) is 1. The number of hydrogen-bond donors (Lipinski definition) is 2. The zero-order valence-corrected chi connectivity index (χ0v) is 11.7. The topological polar surface area (TPSA) is 78.9 Å². The molecule has 6 nitrogen and oxygen atoms in total. The van der Waals surface area contributed by atoms with Gasteiger partial charge in [-0.1, -0.05) is 6.07 Å². The number of nitrogens with one attached hydrogen (secondary N) is 1. The van der Waals surface area contributed by atoms with Crippen LogP contribution in [0.4, 0.5) is 5.69 Å². The van der Waals surface area contributed by atoms with Crippen molar-refractivity contribution >= 4 is 17.6 Å². The second kappa shape index (κ2) is 5.73. The van der Waals surface area contributed by atoms with E-state index in [1.807, 2.05) is 0 Å². The second-order valence-electron chi connectivity index (χ2n) is 5.43. The first-order valence-corrected chi connectivity index (χ1v) is 7.17. The molecule has 112 valence electrons. The Morgan fingerprint density at radius 3 is 2.90 bits per heavy atom. The molecule has 1 aliphatic carbocycles. The fraction of sp³-hybridized carbons (Fsp3) is 0.467. The van der Waals surface area contributed by atoms with Crippen LogP contribution in [0.25, 0.3) is 0 Å². The van der Waals surface area contributed by atoms with Crippen LogP contribution >= 0.6 is 0 Å². The molecule has 1 aliphatic heterocycles. The summed E-state index contributed by atoms with van der Waals surface area (Å²) >= 11 is 0. The number of rotatable bonds is 5. The van der Waals surface area contributed by atoms with Crippen LogP contribution in [0.5, 0.6) is 5.75 Å². The molecular formula is C15H18N2O4. The molecule has 3 rings (SSSR count). The van der Waals surface area contributed by atoms with Gasteiger partial charge in [-0.2, -0.15) is 0 Å². The molecule has 2 N–H and O–H groups in total. The Bertz CT molecular complexity index is 569. The summed E-state index contributed by atoms with van der Waals surface area (Å²) in [6, 6.07) is 4.84. The molecule has 0 spiro atoms. The predicted octanol–water partition coefficient (Wildman–Crippen LogP) is 1.11. The van der Waals surface area contributed by atoms with Crippen LogP contribution in [0.3, 0.4) is 0 Å². The second-order valence-corrected chi connectivity index (χ2v) is 5.43. The predicted molar refractivity (Wildman–Crippen MR) is 76.8 cm³/mol. The lowest BCUT2D eigenvalue weighted by Gasteiger charge is -2.30. The largest absolute Gasteiger partial charge is 0.489 e. The van der Waals surface area contributed by atoms with Gasteiger partial charge in [0.2, 0.25) is 5.91 Å². The van der Waals surface area contributed by atoms with Crippen molar-refractivity contribution in [3.63, 3.8) is 0 Å². The van der Waals surface area contributed by atoms with E-state index in [0.29, 0.717) is 24.8 Å². The lowest BCUT2D eigenvalue weighted by molar-refractivity contribution is -0.118. The Balaban J connectivity index is 1.74. The Morgan fingerprint density at radius 2 is 2.19 bits per heavy atom. The molecule has 1 heterocycles. The number of carboxylic acid groups (broad SMARTS) is 1. The zero-order valence-electron chi connectivity index (χ0n) is 11.7. The number of carboxylic acids is 1. The van der Waals surface area contributed by atoms with Crippen LogP contribution < -0.4 is 15.0 Å². The maximum absolute atomic E-state index is 12.3. The first-order valence-electron chi connectivity index (χ1n) is 7.17. The smallest absolute Gasteiger partial charge is 0.339 e. The van der Waals surface area contributed by atoms with Gasteiger partial charge in [-0.15, -0.1) is 0 Å². The first-order chi connectivity index (χ1) is 10.2. The van der Waals surface area contributed by atoms with E-state index in [-0.39, 0.29) is 23.8 Å². The quantitative estimate of drug-likeness (QED) is 0.849. The highest BCUT2D eigenvalue weighted by atomic mass is 16.5. The summed E-state index contributed by atoms with van der Waals surface area (Å²) in [4.78, 5) is 25.1. The number of anilines is 1. The number of benzene rings is 1. The molecule has 2 aliphatic rings. The summed E-state index contributed by atoms with van der Waals surface area (Å²) in [6.07, 6.45) is 2.48. The number of hydrogen-bond acceptors (Lipinski definition) is 4. The average Bonchev–Trinajstić information content (AvgIpc) is 3.30. The molecule has 21 heavy (non-hydrogen) atoms. The average molecular weight is 290 g/mol. The monoisotopic (exact) mass is 290 g/mol. The summed E-state index contributed by atoms with van der Waals surface area (Å²) in [7, 11) is 0. The maximum atomic E-state index is 12.3. The lowest BCUT2D eigenvalue weighted by Crippen LogP contribution is -2.43. The van der Waals surface area contributed by atoms with Crippen LogP contribution in [0, 0.1) is 5.92 Å². The fourth-order valence-corrected chi connectivity index (χ4v) is 2.48. The molecule has 0 aromatic heterocycles. The number of amides is 1. The van der Waals surface area contributed by atoms with Crippen molar-refractivity contribution in [1.29, 1.82) is 0 Å². The van der Waals surface area contributed by atoms with E-state index in [1.165, 1.54) is 18.9 Å². The zero-order chi connectivity index (χ0) is 14.8. The maximum Gasteiger partial charge on any atom is 0.339 e. The number of aromatic carboxylic acids is 1. The van der Waals surface area contributed by atoms with Crippen LogP contribution in [0.15, 0.2) is 18.2 Å². The van der Waals surface area contributed by atoms with Gasteiger partial charge in [0.05, 0.1) is 18.8 Å². The van der Waals surface area contributed by atoms with Gasteiger partial charge < -0.3 is 20.1 Å². The summed E-state index contributed by atoms with van der Waals surface area (Å²) in [5.74, 6) is -0.101. The molecule has 0 bridgehead atoms. The summed E-state index contributed by atoms with van der Waals surface area (Å²) < 4.78 is 5.45. The van der Waals surface area contributed by atoms with E-state index < -0.39 is 5.97 Å². The van der Waals surface area contributed by atoms with Crippen molar-refractivity contribution in [2.24, 2.45) is 5.92 Å². The van der Waals surface area contributed by atoms with Crippen LogP contribution in [0.2, 0.25) is 0 Å². The van der Waals surface area contributed by atoms with E-state index in [0.717, 1.165) is 6.54 Å². The Hall–Kier alpha value is -2.08. The van der Waals surface area contributed by atoms with Gasteiger partial charge in [0.25, 0.3) is 0 Å². The standard InChI is InChI=1S/C15H18N2O4/c18-13(9-16-8-10-4-5-10)17-6-7-21-14-11(15(19)20)2-1-3-12(14)17/h1-3,10,16H,4-9H2,(H,19,20). The Morgan fingerprint density at radius 1 is 1.38 bits per heavy atom. The van der Waals surface area contributed by atoms with Gasteiger partial charge in [-0.3, -0.25) is 4.79 Å². The van der Waals surface area contributed by atoms with Gasteiger partial charge in [0.15, 0.2) is 5.75 Å². The van der Waals surface area contributed by atoms with Crippen molar-refractivity contribution < 1.29 is 19.4 Å². The van der Waals surface area contributed by atoms with Crippen LogP contribution in [0.1, 0.15) is 23.2 Å². The Kier molecular flexibility index (Phi) is 3.79. The minimum absolute atomic E-state index is 0.0530. The van der Waals surface area contributed by atoms with Crippen molar-refractivity contribution in [2.45, 2.75) is 12.8 Å². The van der Waals surface area contributed by atoms with E-state index in [2.05, 4.69) is 5.32 Å². The highest BCUT2D eigenvalue weighted by Gasteiger charge is 2.27. The number of para-hydroxylation sites is 1. The molecule has 1 aromatic rings. The number of fused-ring (bicyclic) bond motifs is 1. The third-order valence-corrected chi connectivity index (χ3v) is 3.78. The normalized spacial score (nSPS) is 17.0. The molecule has 1 fully saturated rings. The molecule has 0 saturated heterocycles. The molecule has 1 aromatic carbocycles. The minimum Gasteiger partial charge on any atom is -0.489 e. The summed E-state index contributed by atoms with van der Waals surface area (Å²) in [5.41, 5.74) is 0.635. The van der Waals surface area contributed by atoms with E-state index in [1.54, 1.807) is 17.0 Å². The van der Waals surface area contributed by atoms with Gasteiger partial charge in [0, 0.05) is 0 Å². The van der Waals surface area contributed by atoms with Gasteiger partial charge in [-0.05, 0) is 37.4 Å². The molecule has 0 radical (unpaired) electrons. The lowest BCUT2D eigenvalue weighted by atomic mass is 10.1. The van der Waals surface area contributed by atoms with Crippen molar-refractivity contribution in [2.75, 3.05) is 31.1 Å². The molecule has 1 amide bonds. The highest BCUT2D eigenvalue weighted by molar-refractivity contribution is 6.00. The fourth-order valence-electron chi connectivity index (χ4n) is 2.48. The van der Waals surface area contributed by atoms with E-state index in [9.17, 15) is 14.7 Å². The first kappa shape index (κ1) is 13.9. The van der Waals surface area contributed by atoms with Gasteiger partial charge in [-0.25, -0.2) is 4.79 Å². The number of carbonyl (C=O) groups is 2. The van der Waals surface area contributed by atoms with Crippen molar-refractivity contribution in [3.05, 3.63) is 23.8 Å². The molecule has 1 saturated carbocycles. The molecule has 6 heteroatoms. The van der Waals surface area contributed by atoms with Crippen molar-refractivity contribution in [3.8, 4) is 5.75 Å². The van der Waals surface area contributed by atoms with Crippen LogP contribution in [-0.4, -0.2) is 43.2 Å². The van der Waals surface area contributed by atoms with Gasteiger partial charge >= 0.3 is 5.97 Å². The van der Waals surface area contributed by atoms with Gasteiger partial charge in [0.1, 0.15) is 12.2 Å². The Labute approximate surface area is 122 Å². The molecule has 0 unspecified atom stereocenters. The summed E-state index contributed by atoms with van der Waals surface area (Å²) in [6.45, 7) is 1.90. The van der Waals surface area contributed by atoms with E-state index >= 15 is 0 Å². The van der Waals surface area contributed by atoms with Crippen LogP contribution in [-0.2, 0) is 4.79 Å². The SMILES string of the molecule is O=C(O)c1cccc2c1OCCN2C(=O)CNCC1CC1. The third kappa shape index (κ3) is 3.00. The molecular weight excluding hydrogens is 272 g/mol. The third-order valence-electron chi connectivity index (χ3n) is 3.78. The number of ether oxygens (including phenoxy) is 1. The van der Waals surface area contributed by atoms with E-state index in [4.69, 9.17) is 4.74 Å². The van der Waals surface area contributed by atoms with Crippen molar-refractivity contribution in [1.82, 2.24) is 5.32 Å².